The number of hydrogen-bond donors (Lipinski definition) is 2. The van der Waals surface area contributed by atoms with Crippen molar-refractivity contribution in [3.8, 4) is 11.3 Å². The maximum atomic E-state index is 16.2. The number of imide groups is 2. The number of para-hydroxylation sites is 1. The Bertz CT molecular complexity index is 2650. The van der Waals surface area contributed by atoms with Crippen molar-refractivity contribution in [1.82, 2.24) is 39.9 Å². The molecule has 5 amide bonds. The fourth-order valence-electron chi connectivity index (χ4n) is 10.1. The minimum absolute atomic E-state index is 0.0461. The number of fused-ring (bicyclic) bond motifs is 5. The fourth-order valence-corrected chi connectivity index (χ4v) is 10.1. The summed E-state index contributed by atoms with van der Waals surface area (Å²) in [4.78, 5) is 82.6. The van der Waals surface area contributed by atoms with Gasteiger partial charge < -0.3 is 9.88 Å². The number of alkyl halides is 2. The van der Waals surface area contributed by atoms with Gasteiger partial charge in [0.15, 0.2) is 0 Å². The minimum Gasteiger partial charge on any atom is -0.357 e. The minimum atomic E-state index is -2.73. The summed E-state index contributed by atoms with van der Waals surface area (Å²) >= 11 is 0. The van der Waals surface area contributed by atoms with Crippen LogP contribution in [0.5, 0.6) is 0 Å². The predicted octanol–water partition coefficient (Wildman–Crippen LogP) is 5.53. The van der Waals surface area contributed by atoms with Crippen LogP contribution in [-0.2, 0) is 29.1 Å². The number of benzene rings is 3. The quantitative estimate of drug-likeness (QED) is 0.159. The lowest BCUT2D eigenvalue weighted by Gasteiger charge is -2.41. The number of nitrogens with zero attached hydrogens (tertiary/aromatic N) is 6. The van der Waals surface area contributed by atoms with Crippen LogP contribution in [0.3, 0.4) is 0 Å². The second kappa shape index (κ2) is 15.2. The zero-order chi connectivity index (χ0) is 43.1. The molecule has 7 heterocycles. The van der Waals surface area contributed by atoms with Gasteiger partial charge in [0.2, 0.25) is 11.8 Å². The summed E-state index contributed by atoms with van der Waals surface area (Å²) in [6.45, 7) is 3.08. The van der Waals surface area contributed by atoms with E-state index < -0.39 is 66.4 Å². The molecule has 318 valence electrons. The van der Waals surface area contributed by atoms with Crippen molar-refractivity contribution in [2.75, 3.05) is 19.6 Å². The molecule has 3 aromatic carbocycles. The maximum Gasteiger partial charge on any atom is 0.274 e. The van der Waals surface area contributed by atoms with Crippen molar-refractivity contribution in [2.24, 2.45) is 0 Å². The number of nitrogens with one attached hydrogen (secondary N) is 2. The summed E-state index contributed by atoms with van der Waals surface area (Å²) < 4.78 is 60.2. The Morgan fingerprint density at radius 2 is 1.56 bits per heavy atom. The van der Waals surface area contributed by atoms with E-state index in [1.165, 1.54) is 17.3 Å². The Kier molecular flexibility index (Phi) is 9.78. The summed E-state index contributed by atoms with van der Waals surface area (Å²) in [5.41, 5.74) is 4.33. The van der Waals surface area contributed by atoms with Crippen molar-refractivity contribution >= 4 is 40.4 Å². The molecule has 0 saturated carbocycles. The molecule has 0 spiro atoms. The molecule has 5 aromatic rings. The molecule has 2 fully saturated rings. The van der Waals surface area contributed by atoms with Crippen LogP contribution in [0.1, 0.15) is 97.8 Å². The molecule has 17 heteroatoms. The molecular weight excluding hydrogens is 809 g/mol. The van der Waals surface area contributed by atoms with Crippen molar-refractivity contribution in [2.45, 2.75) is 82.7 Å². The van der Waals surface area contributed by atoms with Crippen LogP contribution < -0.4 is 5.32 Å². The zero-order valence-corrected chi connectivity index (χ0v) is 33.5. The molecule has 10 rings (SSSR count). The first kappa shape index (κ1) is 39.8. The second-order valence-electron chi connectivity index (χ2n) is 16.8. The van der Waals surface area contributed by atoms with E-state index in [-0.39, 0.29) is 58.4 Å². The van der Waals surface area contributed by atoms with Gasteiger partial charge in [-0.1, -0.05) is 18.2 Å². The molecular formula is C45H40F4N8O5. The first-order valence-electron chi connectivity index (χ1n) is 20.7. The molecule has 2 aromatic heterocycles. The van der Waals surface area contributed by atoms with E-state index in [4.69, 9.17) is 0 Å². The molecule has 0 radical (unpaired) electrons. The van der Waals surface area contributed by atoms with Crippen LogP contribution in [0.15, 0.2) is 60.9 Å². The van der Waals surface area contributed by atoms with Crippen molar-refractivity contribution < 1.29 is 41.5 Å². The fraction of sp³-hybridized carbons (Fsp3) is 0.356. The molecule has 0 aliphatic carbocycles. The van der Waals surface area contributed by atoms with E-state index in [0.717, 1.165) is 44.6 Å². The molecule has 13 nitrogen and oxygen atoms in total. The molecule has 2 N–H and O–H groups in total. The zero-order valence-electron chi connectivity index (χ0n) is 33.5. The van der Waals surface area contributed by atoms with Crippen molar-refractivity contribution in [3.05, 3.63) is 117 Å². The Balaban J connectivity index is 0.799. The summed E-state index contributed by atoms with van der Waals surface area (Å²) in [5.74, 6) is -4.36. The lowest BCUT2D eigenvalue weighted by molar-refractivity contribution is -0.136. The van der Waals surface area contributed by atoms with E-state index in [1.807, 2.05) is 24.3 Å². The molecule has 5 aliphatic heterocycles. The van der Waals surface area contributed by atoms with Crippen LogP contribution in [0, 0.1) is 11.6 Å². The monoisotopic (exact) mass is 848 g/mol. The number of hydrogen-bond acceptors (Lipinski definition) is 9. The van der Waals surface area contributed by atoms with E-state index in [0.29, 0.717) is 51.1 Å². The highest BCUT2D eigenvalue weighted by Gasteiger charge is 2.46. The SMILES string of the molecule is C[C@@H]1Cc2c([nH]c3ccccc23)[C@@H](c2c(F)cc(-c3cnc(C(=O)N4CCC(N5Cc6cc7c(cc6C5)C(=O)N(C5CCC(=O)NC5=O)C7=O)CC4)cn3)cc2F)N1CC(F)F. The molecule has 5 aliphatic rings. The number of piperidine rings is 2. The highest BCUT2D eigenvalue weighted by molar-refractivity contribution is 6.23. The number of carbonyl (C=O) groups excluding carboxylic acids is 5. The smallest absolute Gasteiger partial charge is 0.274 e. The van der Waals surface area contributed by atoms with E-state index in [2.05, 4.69) is 25.2 Å². The average molecular weight is 849 g/mol. The van der Waals surface area contributed by atoms with Gasteiger partial charge in [-0.3, -0.25) is 49.0 Å². The highest BCUT2D eigenvalue weighted by atomic mass is 19.3. The van der Waals surface area contributed by atoms with E-state index in [9.17, 15) is 32.8 Å². The first-order valence-corrected chi connectivity index (χ1v) is 20.7. The van der Waals surface area contributed by atoms with Crippen LogP contribution in [0.25, 0.3) is 22.2 Å². The van der Waals surface area contributed by atoms with E-state index >= 15 is 8.78 Å². The third-order valence-corrected chi connectivity index (χ3v) is 13.2. The topological polar surface area (TPSA) is 152 Å². The van der Waals surface area contributed by atoms with Crippen molar-refractivity contribution in [3.63, 3.8) is 0 Å². The van der Waals surface area contributed by atoms with Crippen LogP contribution in [-0.4, -0.2) is 108 Å². The molecule has 1 unspecified atom stereocenters. The van der Waals surface area contributed by atoms with Gasteiger partial charge in [-0.25, -0.2) is 22.5 Å². The number of amides is 5. The van der Waals surface area contributed by atoms with Crippen LogP contribution in [0.2, 0.25) is 0 Å². The third-order valence-electron chi connectivity index (χ3n) is 13.2. The Morgan fingerprint density at radius 1 is 0.887 bits per heavy atom. The highest BCUT2D eigenvalue weighted by Crippen LogP contribution is 2.43. The van der Waals surface area contributed by atoms with Gasteiger partial charge >= 0.3 is 0 Å². The lowest BCUT2D eigenvalue weighted by atomic mass is 9.87. The first-order chi connectivity index (χ1) is 29.8. The van der Waals surface area contributed by atoms with Gasteiger partial charge in [-0.2, -0.15) is 0 Å². The Labute approximate surface area is 352 Å². The number of aromatic amines is 1. The normalized spacial score (nSPS) is 22.1. The van der Waals surface area contributed by atoms with Crippen LogP contribution in [0.4, 0.5) is 17.6 Å². The lowest BCUT2D eigenvalue weighted by Crippen LogP contribution is -2.54. The van der Waals surface area contributed by atoms with Gasteiger partial charge in [0.05, 0.1) is 41.8 Å². The van der Waals surface area contributed by atoms with Gasteiger partial charge in [-0.15, -0.1) is 0 Å². The molecule has 3 atom stereocenters. The van der Waals surface area contributed by atoms with Gasteiger partial charge in [0, 0.05) is 72.4 Å². The standard InChI is InChI=1S/C45H40F4N8O5/c1-22-12-28-27-4-2-3-5-33(27)52-40(28)41(56(22)21-37(48)49)39-31(46)15-23(16-32(39)47)34-17-51-35(18-50-34)45(62)54-10-8-26(9-11-54)55-19-24-13-29-30(14-25(24)20-55)44(61)57(43(29)60)36-6-7-38(58)53-42(36)59/h2-5,13-18,22,26,36-37,41,52H,6-12,19-21H2,1H3,(H,53,58,59)/t22-,36?,41-/m1/s1. The molecule has 0 bridgehead atoms. The summed E-state index contributed by atoms with van der Waals surface area (Å²) in [6, 6.07) is 10.7. The summed E-state index contributed by atoms with van der Waals surface area (Å²) in [6.07, 6.45) is 1.72. The van der Waals surface area contributed by atoms with E-state index in [1.54, 1.807) is 24.0 Å². The Morgan fingerprint density at radius 3 is 2.19 bits per heavy atom. The third kappa shape index (κ3) is 6.65. The maximum absolute atomic E-state index is 16.2. The number of H-pyrrole nitrogens is 1. The Hall–Kier alpha value is -6.33. The average Bonchev–Trinajstić information content (AvgIpc) is 3.92. The number of rotatable bonds is 7. The molecule has 2 saturated heterocycles. The number of halogens is 4. The predicted molar refractivity (Wildman–Crippen MR) is 215 cm³/mol. The van der Waals surface area contributed by atoms with Gasteiger partial charge in [-0.05, 0) is 79.6 Å². The van der Waals surface area contributed by atoms with Gasteiger partial charge in [0.25, 0.3) is 24.1 Å². The van der Waals surface area contributed by atoms with Crippen LogP contribution >= 0.6 is 0 Å². The van der Waals surface area contributed by atoms with Crippen molar-refractivity contribution in [1.29, 1.82) is 0 Å². The number of likely N-dealkylation sites (tertiary alicyclic amines) is 1. The largest absolute Gasteiger partial charge is 0.357 e. The molecule has 62 heavy (non-hydrogen) atoms. The van der Waals surface area contributed by atoms with Gasteiger partial charge in [0.1, 0.15) is 23.4 Å². The summed E-state index contributed by atoms with van der Waals surface area (Å²) in [5, 5.41) is 3.09. The second-order valence-corrected chi connectivity index (χ2v) is 16.8. The summed E-state index contributed by atoms with van der Waals surface area (Å²) in [7, 11) is 0. The number of carbonyl (C=O) groups is 5. The number of aromatic nitrogens is 3.